The Hall–Kier alpha value is -1.74. The smallest absolute Gasteiger partial charge is 0.415 e. The minimum atomic E-state index is 0.111. The molecule has 2 saturated heterocycles. The molecule has 0 radical (unpaired) electrons. The van der Waals surface area contributed by atoms with Crippen molar-refractivity contribution in [1.29, 1.82) is 0 Å². The standard InChI is InChI=1S/C16H26B6N8/c1-17-24(5)15-12-23-16-13-10-8-9-11-14(13)28-20(4)29-19(3)25(6)18(2)26(7)21(29)30(17)22(28)27(15)16/h8-12H,1-7H3. The second-order valence-corrected chi connectivity index (χ2v) is 9.29. The number of aromatic nitrogens is 2. The van der Waals surface area contributed by atoms with E-state index in [1.54, 1.807) is 0 Å². The molecule has 0 amide bonds. The van der Waals surface area contributed by atoms with Crippen LogP contribution in [0.4, 0.5) is 11.5 Å². The molecule has 8 nitrogen and oxygen atoms in total. The molecule has 2 fully saturated rings. The molecular formula is C16H26B6N8. The minimum absolute atomic E-state index is 0.111. The van der Waals surface area contributed by atoms with Gasteiger partial charge < -0.3 is 32.7 Å². The number of anilines is 2. The number of hydrogen-bond acceptors (Lipinski definition) is 7. The van der Waals surface area contributed by atoms with Crippen LogP contribution in [-0.4, -0.2) is 91.5 Å². The lowest BCUT2D eigenvalue weighted by atomic mass is 9.34. The first kappa shape index (κ1) is 19.0. The third kappa shape index (κ3) is 2.06. The van der Waals surface area contributed by atoms with Gasteiger partial charge in [-0.2, -0.15) is 0 Å². The minimum Gasteiger partial charge on any atom is -0.415 e. The van der Waals surface area contributed by atoms with Crippen molar-refractivity contribution in [3.05, 3.63) is 30.5 Å². The van der Waals surface area contributed by atoms with Crippen molar-refractivity contribution in [1.82, 2.24) is 28.2 Å². The molecule has 1 aromatic carbocycles. The molecule has 2 aromatic rings. The quantitative estimate of drug-likeness (QED) is 0.605. The lowest BCUT2D eigenvalue weighted by Crippen LogP contribution is -2.93. The van der Waals surface area contributed by atoms with Crippen molar-refractivity contribution in [2.24, 2.45) is 0 Å². The highest BCUT2D eigenvalue weighted by atomic mass is 15.5. The van der Waals surface area contributed by atoms with Crippen LogP contribution in [0.1, 0.15) is 0 Å². The summed E-state index contributed by atoms with van der Waals surface area (Å²) >= 11 is 0. The highest BCUT2D eigenvalue weighted by Gasteiger charge is 2.65. The van der Waals surface area contributed by atoms with Crippen molar-refractivity contribution in [2.75, 3.05) is 30.7 Å². The van der Waals surface area contributed by atoms with Gasteiger partial charge in [-0.25, -0.2) is 4.98 Å². The van der Waals surface area contributed by atoms with Gasteiger partial charge in [0.05, 0.1) is 6.20 Å². The van der Waals surface area contributed by atoms with E-state index in [9.17, 15) is 0 Å². The molecule has 0 spiro atoms. The second kappa shape index (κ2) is 6.16. The Morgan fingerprint density at radius 1 is 0.767 bits per heavy atom. The first-order valence-corrected chi connectivity index (χ1v) is 11.0. The van der Waals surface area contributed by atoms with Crippen molar-refractivity contribution in [3.8, 4) is 11.4 Å². The first-order chi connectivity index (χ1) is 14.3. The summed E-state index contributed by atoms with van der Waals surface area (Å²) in [4.78, 5) is 7.26. The highest BCUT2D eigenvalue weighted by molar-refractivity contribution is 7.06. The number of hydrogen-bond donors (Lipinski definition) is 0. The summed E-state index contributed by atoms with van der Waals surface area (Å²) in [5, 5.41) is 0. The van der Waals surface area contributed by atoms with Crippen LogP contribution in [-0.2, 0) is 0 Å². The van der Waals surface area contributed by atoms with Gasteiger partial charge in [-0.3, -0.25) is 0 Å². The van der Waals surface area contributed by atoms with Gasteiger partial charge in [0, 0.05) is 11.3 Å². The van der Waals surface area contributed by atoms with Crippen molar-refractivity contribution >= 4 is 53.7 Å². The van der Waals surface area contributed by atoms with Gasteiger partial charge in [0.25, 0.3) is 14.0 Å². The molecule has 1 aromatic heterocycles. The number of imidazole rings is 1. The van der Waals surface area contributed by atoms with Crippen LogP contribution >= 0.6 is 0 Å². The molecule has 4 aliphatic heterocycles. The van der Waals surface area contributed by atoms with Crippen LogP contribution in [0.25, 0.3) is 11.4 Å². The molecular weight excluding hydrogens is 369 g/mol. The third-order valence-electron chi connectivity index (χ3n) is 8.23. The van der Waals surface area contributed by atoms with Crippen LogP contribution in [0.2, 0.25) is 27.3 Å². The summed E-state index contributed by atoms with van der Waals surface area (Å²) in [6.45, 7) is 10.5. The molecule has 0 aliphatic carbocycles. The molecule has 0 atom stereocenters. The van der Waals surface area contributed by atoms with Gasteiger partial charge in [0.1, 0.15) is 11.6 Å². The fourth-order valence-electron chi connectivity index (χ4n) is 6.16. The average Bonchev–Trinajstić information content (AvgIpc) is 3.20. The maximum Gasteiger partial charge on any atom is 0.446 e. The molecule has 148 valence electrons. The van der Waals surface area contributed by atoms with E-state index in [1.807, 2.05) is 6.20 Å². The Bertz CT molecular complexity index is 1020. The Balaban J connectivity index is 1.63. The van der Waals surface area contributed by atoms with Gasteiger partial charge in [-0.1, -0.05) is 39.4 Å². The van der Waals surface area contributed by atoms with E-state index in [-0.39, 0.29) is 28.2 Å². The molecule has 0 bridgehead atoms. The largest absolute Gasteiger partial charge is 0.446 e. The van der Waals surface area contributed by atoms with Crippen molar-refractivity contribution in [2.45, 2.75) is 27.3 Å². The zero-order valence-corrected chi connectivity index (χ0v) is 18.9. The number of nitrogens with zero attached hydrogens (tertiary/aromatic N) is 8. The molecule has 6 rings (SSSR count). The lowest BCUT2D eigenvalue weighted by Gasteiger charge is -2.65. The van der Waals surface area contributed by atoms with Gasteiger partial charge in [-0.15, -0.1) is 0 Å². The lowest BCUT2D eigenvalue weighted by molar-refractivity contribution is 0.537. The number of benzene rings is 1. The maximum absolute atomic E-state index is 4.89. The molecule has 0 saturated carbocycles. The summed E-state index contributed by atoms with van der Waals surface area (Å²) in [7, 11) is 7.01. The molecule has 5 heterocycles. The monoisotopic (exact) mass is 396 g/mol. The first-order valence-electron chi connectivity index (χ1n) is 11.0. The Labute approximate surface area is 181 Å². The number of fused-ring (bicyclic) bond motifs is 5. The van der Waals surface area contributed by atoms with E-state index in [2.05, 4.69) is 105 Å². The molecule has 0 unspecified atom stereocenters. The van der Waals surface area contributed by atoms with E-state index in [4.69, 9.17) is 4.98 Å². The summed E-state index contributed by atoms with van der Waals surface area (Å²) < 4.78 is 15.3. The van der Waals surface area contributed by atoms with Gasteiger partial charge in [-0.05, 0) is 33.3 Å². The van der Waals surface area contributed by atoms with Crippen LogP contribution < -0.4 is 9.53 Å². The van der Waals surface area contributed by atoms with E-state index < -0.39 is 0 Å². The van der Waals surface area contributed by atoms with Gasteiger partial charge in [0.2, 0.25) is 0 Å². The molecule has 14 heteroatoms. The average molecular weight is 395 g/mol. The van der Waals surface area contributed by atoms with Crippen LogP contribution in [0, 0.1) is 0 Å². The van der Waals surface area contributed by atoms with Crippen LogP contribution in [0.3, 0.4) is 0 Å². The van der Waals surface area contributed by atoms with Crippen LogP contribution in [0.5, 0.6) is 0 Å². The fraction of sp³-hybridized carbons (Fsp3) is 0.438. The van der Waals surface area contributed by atoms with E-state index in [0.717, 1.165) is 5.82 Å². The van der Waals surface area contributed by atoms with E-state index in [0.29, 0.717) is 14.0 Å². The fourth-order valence-corrected chi connectivity index (χ4v) is 6.16. The SMILES string of the molecule is CB1N(C)B(C)N2B(N1C)N1B(C)N(C)c3cnc4n3B1N(B2C)c1ccccc1-4. The zero-order valence-electron chi connectivity index (χ0n) is 18.9. The summed E-state index contributed by atoms with van der Waals surface area (Å²) in [5.41, 5.74) is 2.49. The normalized spacial score (nSPS) is 22.1. The van der Waals surface area contributed by atoms with E-state index >= 15 is 0 Å². The third-order valence-corrected chi connectivity index (χ3v) is 8.23. The molecule has 4 aliphatic rings. The highest BCUT2D eigenvalue weighted by Crippen LogP contribution is 2.45. The zero-order chi connectivity index (χ0) is 21.1. The maximum atomic E-state index is 4.89. The molecule has 0 N–H and O–H groups in total. The topological polar surface area (TPSA) is 37.3 Å². The Morgan fingerprint density at radius 2 is 1.50 bits per heavy atom. The van der Waals surface area contributed by atoms with Gasteiger partial charge >= 0.3 is 28.2 Å². The number of rotatable bonds is 0. The van der Waals surface area contributed by atoms with Gasteiger partial charge in [0.15, 0.2) is 0 Å². The Kier molecular flexibility index (Phi) is 3.90. The molecule has 30 heavy (non-hydrogen) atoms. The Morgan fingerprint density at radius 3 is 2.27 bits per heavy atom. The second-order valence-electron chi connectivity index (χ2n) is 9.29. The van der Waals surface area contributed by atoms with Crippen LogP contribution in [0.15, 0.2) is 30.5 Å². The predicted molar refractivity (Wildman–Crippen MR) is 131 cm³/mol. The summed E-state index contributed by atoms with van der Waals surface area (Å²) in [6, 6.07) is 8.75. The van der Waals surface area contributed by atoms with Crippen molar-refractivity contribution in [3.63, 3.8) is 0 Å². The summed E-state index contributed by atoms with van der Waals surface area (Å²) in [5.74, 6) is 2.26. The predicted octanol–water partition coefficient (Wildman–Crippen LogP) is 0.605. The van der Waals surface area contributed by atoms with Crippen molar-refractivity contribution < 1.29 is 0 Å². The number of para-hydroxylation sites is 1. The summed E-state index contributed by atoms with van der Waals surface area (Å²) in [6.07, 6.45) is 2.05. The van der Waals surface area contributed by atoms with E-state index in [1.165, 1.54) is 17.1 Å².